The first-order valence-corrected chi connectivity index (χ1v) is 7.87. The topological polar surface area (TPSA) is 35.5 Å². The number of carbonyl (C=O) groups is 1. The van der Waals surface area contributed by atoms with E-state index in [0.717, 1.165) is 12.0 Å². The van der Waals surface area contributed by atoms with Crippen LogP contribution in [0.1, 0.15) is 61.5 Å². The second kappa shape index (κ2) is 4.87. The molecule has 0 heterocycles. The SMILES string of the molecule is COC(=O)c1ccc2c(c1OC)C=C1C(C)(C)CCC[C@@]12C. The highest BCUT2D eigenvalue weighted by atomic mass is 16.5. The van der Waals surface area contributed by atoms with Crippen LogP contribution in [0, 0.1) is 5.41 Å². The summed E-state index contributed by atoms with van der Waals surface area (Å²) in [5.74, 6) is 0.292. The van der Waals surface area contributed by atoms with Crippen molar-refractivity contribution in [2.45, 2.75) is 45.4 Å². The fraction of sp³-hybridized carbons (Fsp3) is 0.526. The van der Waals surface area contributed by atoms with E-state index in [1.54, 1.807) is 7.11 Å². The molecule has 1 aromatic carbocycles. The van der Waals surface area contributed by atoms with E-state index in [0.29, 0.717) is 11.3 Å². The van der Waals surface area contributed by atoms with Crippen LogP contribution in [0.15, 0.2) is 17.7 Å². The van der Waals surface area contributed by atoms with Crippen molar-refractivity contribution in [3.8, 4) is 5.75 Å². The zero-order chi connectivity index (χ0) is 16.1. The molecule has 1 saturated carbocycles. The zero-order valence-corrected chi connectivity index (χ0v) is 14.1. The van der Waals surface area contributed by atoms with Crippen LogP contribution in [0.5, 0.6) is 5.75 Å². The molecule has 0 saturated heterocycles. The van der Waals surface area contributed by atoms with Gasteiger partial charge < -0.3 is 9.47 Å². The Morgan fingerprint density at radius 3 is 2.50 bits per heavy atom. The van der Waals surface area contributed by atoms with E-state index in [9.17, 15) is 4.79 Å². The molecule has 3 rings (SSSR count). The smallest absolute Gasteiger partial charge is 0.341 e. The van der Waals surface area contributed by atoms with Gasteiger partial charge in [0.25, 0.3) is 0 Å². The molecule has 0 amide bonds. The molecule has 0 spiro atoms. The maximum Gasteiger partial charge on any atom is 0.341 e. The van der Waals surface area contributed by atoms with Crippen molar-refractivity contribution in [1.29, 1.82) is 0 Å². The molecular weight excluding hydrogens is 276 g/mol. The van der Waals surface area contributed by atoms with E-state index in [1.807, 2.05) is 6.07 Å². The van der Waals surface area contributed by atoms with Crippen LogP contribution >= 0.6 is 0 Å². The quantitative estimate of drug-likeness (QED) is 0.762. The lowest BCUT2D eigenvalue weighted by atomic mass is 9.60. The molecular formula is C19H24O3. The highest BCUT2D eigenvalue weighted by Crippen LogP contribution is 2.58. The van der Waals surface area contributed by atoms with Gasteiger partial charge in [-0.1, -0.05) is 44.9 Å². The molecule has 0 aromatic heterocycles. The van der Waals surface area contributed by atoms with Crippen LogP contribution in [0.3, 0.4) is 0 Å². The van der Waals surface area contributed by atoms with E-state index < -0.39 is 0 Å². The molecule has 118 valence electrons. The van der Waals surface area contributed by atoms with Gasteiger partial charge in [0.1, 0.15) is 11.3 Å². The third kappa shape index (κ3) is 1.91. The number of ether oxygens (including phenoxy) is 2. The Morgan fingerprint density at radius 1 is 1.14 bits per heavy atom. The number of rotatable bonds is 2. The summed E-state index contributed by atoms with van der Waals surface area (Å²) in [6, 6.07) is 3.92. The van der Waals surface area contributed by atoms with Gasteiger partial charge in [-0.25, -0.2) is 4.79 Å². The molecule has 1 atom stereocenters. The number of allylic oxidation sites excluding steroid dienone is 1. The van der Waals surface area contributed by atoms with E-state index in [2.05, 4.69) is 32.9 Å². The third-order valence-corrected chi connectivity index (χ3v) is 5.49. The van der Waals surface area contributed by atoms with Gasteiger partial charge in [-0.15, -0.1) is 0 Å². The molecule has 3 heteroatoms. The van der Waals surface area contributed by atoms with Crippen LogP contribution in [0.2, 0.25) is 0 Å². The Hall–Kier alpha value is -1.77. The minimum absolute atomic E-state index is 0.0546. The van der Waals surface area contributed by atoms with E-state index in [1.165, 1.54) is 31.1 Å². The van der Waals surface area contributed by atoms with Gasteiger partial charge in [0.2, 0.25) is 0 Å². The Labute approximate surface area is 132 Å². The average Bonchev–Trinajstić information content (AvgIpc) is 2.80. The summed E-state index contributed by atoms with van der Waals surface area (Å²) in [4.78, 5) is 12.0. The van der Waals surface area contributed by atoms with Gasteiger partial charge in [-0.3, -0.25) is 0 Å². The molecule has 3 nitrogen and oxygen atoms in total. The molecule has 2 aliphatic carbocycles. The van der Waals surface area contributed by atoms with Gasteiger partial charge in [-0.2, -0.15) is 0 Å². The van der Waals surface area contributed by atoms with Gasteiger partial charge >= 0.3 is 5.97 Å². The number of esters is 1. The lowest BCUT2D eigenvalue weighted by Gasteiger charge is -2.44. The first-order chi connectivity index (χ1) is 10.3. The number of benzene rings is 1. The summed E-state index contributed by atoms with van der Waals surface area (Å²) in [5, 5.41) is 0. The van der Waals surface area contributed by atoms with Crippen molar-refractivity contribution in [2.24, 2.45) is 5.41 Å². The first-order valence-electron chi connectivity index (χ1n) is 7.87. The minimum Gasteiger partial charge on any atom is -0.495 e. The Bertz CT molecular complexity index is 670. The van der Waals surface area contributed by atoms with Crippen molar-refractivity contribution in [3.63, 3.8) is 0 Å². The molecule has 0 bridgehead atoms. The van der Waals surface area contributed by atoms with Crippen LogP contribution in [-0.2, 0) is 10.2 Å². The second-order valence-corrected chi connectivity index (χ2v) is 7.23. The van der Waals surface area contributed by atoms with Crippen LogP contribution in [-0.4, -0.2) is 20.2 Å². The van der Waals surface area contributed by atoms with Crippen molar-refractivity contribution < 1.29 is 14.3 Å². The normalized spacial score (nSPS) is 25.0. The van der Waals surface area contributed by atoms with Crippen LogP contribution < -0.4 is 4.74 Å². The Morgan fingerprint density at radius 2 is 1.86 bits per heavy atom. The number of hydrogen-bond acceptors (Lipinski definition) is 3. The Balaban J connectivity index is 2.24. The maximum atomic E-state index is 12.0. The first kappa shape index (κ1) is 15.1. The van der Waals surface area contributed by atoms with Crippen molar-refractivity contribution in [3.05, 3.63) is 34.4 Å². The summed E-state index contributed by atoms with van der Waals surface area (Å²) in [5.41, 5.74) is 4.53. The summed E-state index contributed by atoms with van der Waals surface area (Å²) in [6.07, 6.45) is 5.83. The molecule has 0 N–H and O–H groups in total. The largest absolute Gasteiger partial charge is 0.495 e. The molecule has 1 fully saturated rings. The predicted octanol–water partition coefficient (Wildman–Crippen LogP) is 4.35. The summed E-state index contributed by atoms with van der Waals surface area (Å²) >= 11 is 0. The molecule has 22 heavy (non-hydrogen) atoms. The molecule has 0 aliphatic heterocycles. The van der Waals surface area contributed by atoms with Gasteiger partial charge in [-0.05, 0) is 29.9 Å². The molecule has 1 aromatic rings. The monoisotopic (exact) mass is 300 g/mol. The number of carbonyl (C=O) groups excluding carboxylic acids is 1. The number of hydrogen-bond donors (Lipinski definition) is 0. The fourth-order valence-electron chi connectivity index (χ4n) is 4.39. The molecule has 0 radical (unpaired) electrons. The van der Waals surface area contributed by atoms with E-state index in [-0.39, 0.29) is 16.8 Å². The number of methoxy groups -OCH3 is 2. The number of fused-ring (bicyclic) bond motifs is 3. The lowest BCUT2D eigenvalue weighted by Crippen LogP contribution is -2.35. The fourth-order valence-corrected chi connectivity index (χ4v) is 4.39. The van der Waals surface area contributed by atoms with Crippen LogP contribution in [0.25, 0.3) is 6.08 Å². The standard InChI is InChI=1S/C19H24O3/c1-18(2)9-6-10-19(3)14-8-7-12(17(20)22-5)16(21-4)13(14)11-15(18)19/h7-8,11H,6,9-10H2,1-5H3/t19-/m1/s1. The summed E-state index contributed by atoms with van der Waals surface area (Å²) in [7, 11) is 3.02. The second-order valence-electron chi connectivity index (χ2n) is 7.23. The van der Waals surface area contributed by atoms with E-state index in [4.69, 9.17) is 9.47 Å². The summed E-state index contributed by atoms with van der Waals surface area (Å²) in [6.45, 7) is 6.95. The van der Waals surface area contributed by atoms with Gasteiger partial charge in [0, 0.05) is 11.0 Å². The Kier molecular flexibility index (Phi) is 3.35. The third-order valence-electron chi connectivity index (χ3n) is 5.49. The average molecular weight is 300 g/mol. The zero-order valence-electron chi connectivity index (χ0n) is 14.1. The summed E-state index contributed by atoms with van der Waals surface area (Å²) < 4.78 is 10.5. The van der Waals surface area contributed by atoms with Crippen LogP contribution in [0.4, 0.5) is 0 Å². The van der Waals surface area contributed by atoms with Crippen molar-refractivity contribution in [2.75, 3.05) is 14.2 Å². The predicted molar refractivity (Wildman–Crippen MR) is 87.3 cm³/mol. The highest BCUT2D eigenvalue weighted by molar-refractivity contribution is 5.95. The van der Waals surface area contributed by atoms with Gasteiger partial charge in [0.05, 0.1) is 14.2 Å². The highest BCUT2D eigenvalue weighted by Gasteiger charge is 2.47. The lowest BCUT2D eigenvalue weighted by molar-refractivity contribution is 0.0597. The maximum absolute atomic E-state index is 12.0. The van der Waals surface area contributed by atoms with E-state index >= 15 is 0 Å². The van der Waals surface area contributed by atoms with Crippen molar-refractivity contribution >= 4 is 12.0 Å². The molecule has 2 aliphatic rings. The van der Waals surface area contributed by atoms with Gasteiger partial charge in [0.15, 0.2) is 0 Å². The minimum atomic E-state index is -0.350. The van der Waals surface area contributed by atoms with Crippen molar-refractivity contribution in [1.82, 2.24) is 0 Å². The molecule has 0 unspecified atom stereocenters.